The van der Waals surface area contributed by atoms with E-state index in [2.05, 4.69) is 10.0 Å². The van der Waals surface area contributed by atoms with Crippen molar-refractivity contribution in [3.05, 3.63) is 95.3 Å². The molecule has 3 aromatic carbocycles. The molecule has 0 bridgehead atoms. The Hall–Kier alpha value is -3.33. The highest BCUT2D eigenvalue weighted by Crippen LogP contribution is 2.24. The smallest absolute Gasteiger partial charge is 0.264 e. The number of rotatable bonds is 6. The Morgan fingerprint density at radius 1 is 0.828 bits per heavy atom. The first-order valence-electron chi connectivity index (χ1n) is 8.37. The fourth-order valence-electron chi connectivity index (χ4n) is 2.56. The number of hydrogen-bond donors (Lipinski definition) is 2. The van der Waals surface area contributed by atoms with Gasteiger partial charge in [0.1, 0.15) is 4.90 Å². The van der Waals surface area contributed by atoms with Crippen molar-refractivity contribution >= 4 is 21.6 Å². The quantitative estimate of drug-likeness (QED) is 0.595. The summed E-state index contributed by atoms with van der Waals surface area (Å²) in [7, 11) is -4.62. The summed E-state index contributed by atoms with van der Waals surface area (Å²) in [6.45, 7) is 0.207. The van der Waals surface area contributed by atoms with Crippen molar-refractivity contribution < 1.29 is 26.4 Å². The van der Waals surface area contributed by atoms with Crippen LogP contribution in [-0.2, 0) is 16.6 Å². The van der Waals surface area contributed by atoms with Gasteiger partial charge in [-0.05, 0) is 29.8 Å². The second kappa shape index (κ2) is 8.36. The normalized spacial score (nSPS) is 11.1. The Morgan fingerprint density at radius 3 is 2.21 bits per heavy atom. The van der Waals surface area contributed by atoms with Crippen LogP contribution in [0.3, 0.4) is 0 Å². The molecule has 3 aromatic rings. The molecule has 0 fully saturated rings. The highest BCUT2D eigenvalue weighted by Gasteiger charge is 2.25. The van der Waals surface area contributed by atoms with Crippen molar-refractivity contribution in [3.63, 3.8) is 0 Å². The molecule has 0 saturated heterocycles. The summed E-state index contributed by atoms with van der Waals surface area (Å²) >= 11 is 0. The van der Waals surface area contributed by atoms with Gasteiger partial charge in [0.05, 0.1) is 11.3 Å². The molecule has 0 aromatic heterocycles. The van der Waals surface area contributed by atoms with E-state index in [1.165, 1.54) is 24.3 Å². The van der Waals surface area contributed by atoms with Gasteiger partial charge in [0, 0.05) is 6.54 Å². The van der Waals surface area contributed by atoms with Crippen LogP contribution in [0.25, 0.3) is 0 Å². The van der Waals surface area contributed by atoms with Crippen molar-refractivity contribution in [2.24, 2.45) is 0 Å². The number of halogens is 3. The molecule has 1 amide bonds. The van der Waals surface area contributed by atoms with E-state index in [0.29, 0.717) is 12.1 Å². The zero-order valence-electron chi connectivity index (χ0n) is 14.8. The van der Waals surface area contributed by atoms with Crippen molar-refractivity contribution in [2.75, 3.05) is 4.72 Å². The van der Waals surface area contributed by atoms with Gasteiger partial charge in [-0.15, -0.1) is 0 Å². The molecule has 0 spiro atoms. The maximum absolute atomic E-state index is 13.9. The van der Waals surface area contributed by atoms with Gasteiger partial charge in [-0.1, -0.05) is 42.5 Å². The summed E-state index contributed by atoms with van der Waals surface area (Å²) in [6, 6.07) is 15.8. The number of carbonyl (C=O) groups is 1. The minimum Gasteiger partial charge on any atom is -0.348 e. The van der Waals surface area contributed by atoms with E-state index in [4.69, 9.17) is 0 Å². The molecule has 29 heavy (non-hydrogen) atoms. The first kappa shape index (κ1) is 20.4. The van der Waals surface area contributed by atoms with Crippen molar-refractivity contribution in [2.45, 2.75) is 11.4 Å². The van der Waals surface area contributed by atoms with Crippen molar-refractivity contribution in [1.29, 1.82) is 0 Å². The first-order valence-corrected chi connectivity index (χ1v) is 9.85. The van der Waals surface area contributed by atoms with Crippen LogP contribution in [0.15, 0.2) is 71.6 Å². The van der Waals surface area contributed by atoms with E-state index in [-0.39, 0.29) is 17.8 Å². The Labute approximate surface area is 165 Å². The Kier molecular flexibility index (Phi) is 5.88. The van der Waals surface area contributed by atoms with Crippen LogP contribution in [0.4, 0.5) is 18.9 Å². The van der Waals surface area contributed by atoms with Crippen LogP contribution >= 0.6 is 0 Å². The molecule has 9 heteroatoms. The third-order valence-corrected chi connectivity index (χ3v) is 5.38. The number of anilines is 1. The van der Waals surface area contributed by atoms with Crippen LogP contribution in [0.1, 0.15) is 15.9 Å². The summed E-state index contributed by atoms with van der Waals surface area (Å²) in [5, 5.41) is 2.65. The maximum Gasteiger partial charge on any atom is 0.264 e. The Bertz CT molecular complexity index is 1150. The zero-order chi connectivity index (χ0) is 21.0. The number of nitrogens with one attached hydrogen (secondary N) is 2. The number of para-hydroxylation sites is 1. The largest absolute Gasteiger partial charge is 0.348 e. The van der Waals surface area contributed by atoms with Gasteiger partial charge >= 0.3 is 0 Å². The SMILES string of the molecule is O=C(NCc1ccccc1)c1ccccc1NS(=O)(=O)c1ccc(F)c(F)c1F. The Balaban J connectivity index is 1.85. The molecule has 0 aliphatic carbocycles. The van der Waals surface area contributed by atoms with Crippen LogP contribution in [0, 0.1) is 17.5 Å². The lowest BCUT2D eigenvalue weighted by atomic mass is 10.1. The average molecular weight is 420 g/mol. The minimum atomic E-state index is -4.62. The van der Waals surface area contributed by atoms with Gasteiger partial charge in [0.2, 0.25) is 0 Å². The van der Waals surface area contributed by atoms with Crippen molar-refractivity contribution in [1.82, 2.24) is 5.32 Å². The summed E-state index contributed by atoms with van der Waals surface area (Å²) in [5.74, 6) is -5.83. The summed E-state index contributed by atoms with van der Waals surface area (Å²) in [4.78, 5) is 11.4. The third-order valence-electron chi connectivity index (χ3n) is 4.00. The monoisotopic (exact) mass is 420 g/mol. The number of carbonyl (C=O) groups excluding carboxylic acids is 1. The molecule has 0 atom stereocenters. The lowest BCUT2D eigenvalue weighted by molar-refractivity contribution is 0.0952. The fourth-order valence-corrected chi connectivity index (χ4v) is 3.71. The van der Waals surface area contributed by atoms with Crippen LogP contribution in [-0.4, -0.2) is 14.3 Å². The average Bonchev–Trinajstić information content (AvgIpc) is 2.71. The van der Waals surface area contributed by atoms with E-state index in [9.17, 15) is 26.4 Å². The highest BCUT2D eigenvalue weighted by molar-refractivity contribution is 7.92. The lowest BCUT2D eigenvalue weighted by Crippen LogP contribution is -2.25. The predicted octanol–water partition coefficient (Wildman–Crippen LogP) is 3.83. The molecule has 5 nitrogen and oxygen atoms in total. The van der Waals surface area contributed by atoms with E-state index in [1.807, 2.05) is 6.07 Å². The second-order valence-electron chi connectivity index (χ2n) is 5.99. The second-order valence-corrected chi connectivity index (χ2v) is 7.64. The molecular weight excluding hydrogens is 405 g/mol. The molecule has 0 radical (unpaired) electrons. The van der Waals surface area contributed by atoms with Crippen LogP contribution in [0.2, 0.25) is 0 Å². The third kappa shape index (κ3) is 4.57. The molecule has 0 aliphatic rings. The molecule has 3 rings (SSSR count). The van der Waals surface area contributed by atoms with E-state index in [1.54, 1.807) is 24.3 Å². The summed E-state index contributed by atoms with van der Waals surface area (Å²) < 4.78 is 67.4. The molecule has 0 aliphatic heterocycles. The predicted molar refractivity (Wildman–Crippen MR) is 101 cm³/mol. The van der Waals surface area contributed by atoms with Gasteiger partial charge < -0.3 is 5.32 Å². The summed E-state index contributed by atoms with van der Waals surface area (Å²) in [5.41, 5.74) is 0.681. The molecule has 0 saturated carbocycles. The van der Waals surface area contributed by atoms with Gasteiger partial charge in [-0.25, -0.2) is 21.6 Å². The van der Waals surface area contributed by atoms with Gasteiger partial charge in [0.15, 0.2) is 17.5 Å². The lowest BCUT2D eigenvalue weighted by Gasteiger charge is -2.13. The first-order chi connectivity index (χ1) is 13.8. The van der Waals surface area contributed by atoms with Gasteiger partial charge in [0.25, 0.3) is 15.9 Å². The van der Waals surface area contributed by atoms with Gasteiger partial charge in [-0.2, -0.15) is 0 Å². The maximum atomic E-state index is 13.9. The highest BCUT2D eigenvalue weighted by atomic mass is 32.2. The van der Waals surface area contributed by atoms with E-state index in [0.717, 1.165) is 5.56 Å². The van der Waals surface area contributed by atoms with Crippen molar-refractivity contribution in [3.8, 4) is 0 Å². The standard InChI is InChI=1S/C20H15F3N2O3S/c21-15-10-11-17(19(23)18(15)22)29(27,28)25-16-9-5-4-8-14(16)20(26)24-12-13-6-2-1-3-7-13/h1-11,25H,12H2,(H,24,26). The van der Waals surface area contributed by atoms with Crippen LogP contribution in [0.5, 0.6) is 0 Å². The minimum absolute atomic E-state index is 0.0185. The molecule has 2 N–H and O–H groups in total. The number of sulfonamides is 1. The Morgan fingerprint density at radius 2 is 1.48 bits per heavy atom. The number of hydrogen-bond acceptors (Lipinski definition) is 3. The van der Waals surface area contributed by atoms with E-state index < -0.39 is 38.3 Å². The topological polar surface area (TPSA) is 75.3 Å². The molecule has 0 heterocycles. The zero-order valence-corrected chi connectivity index (χ0v) is 15.6. The number of benzene rings is 3. The molecular formula is C20H15F3N2O3S. The summed E-state index contributed by atoms with van der Waals surface area (Å²) in [6.07, 6.45) is 0. The molecule has 150 valence electrons. The fraction of sp³-hybridized carbons (Fsp3) is 0.0500. The van der Waals surface area contributed by atoms with E-state index >= 15 is 0 Å². The molecule has 0 unspecified atom stereocenters. The van der Waals surface area contributed by atoms with Crippen LogP contribution < -0.4 is 10.0 Å². The van der Waals surface area contributed by atoms with Gasteiger partial charge in [-0.3, -0.25) is 9.52 Å². The number of amides is 1.